The quantitative estimate of drug-likeness (QED) is 0.828. The maximum atomic E-state index is 12.6. The molecule has 2 N–H and O–H groups in total. The number of hydrogen-bond acceptors (Lipinski definition) is 1. The van der Waals surface area contributed by atoms with E-state index in [1.54, 1.807) is 6.07 Å². The van der Waals surface area contributed by atoms with Gasteiger partial charge in [0.05, 0.1) is 5.92 Å². The lowest BCUT2D eigenvalue weighted by Crippen LogP contribution is -2.26. The molecular weight excluding hydrogens is 207 g/mol. The van der Waals surface area contributed by atoms with Crippen molar-refractivity contribution in [3.63, 3.8) is 0 Å². The molecule has 1 unspecified atom stereocenters. The molecule has 0 aliphatic rings. The highest BCUT2D eigenvalue weighted by atomic mass is 19.4. The molecule has 0 bridgehead atoms. The van der Waals surface area contributed by atoms with E-state index in [0.29, 0.717) is 0 Å². The van der Waals surface area contributed by atoms with Gasteiger partial charge in [0.15, 0.2) is 0 Å². The van der Waals surface area contributed by atoms with Crippen molar-refractivity contribution in [2.24, 2.45) is 5.73 Å². The van der Waals surface area contributed by atoms with Gasteiger partial charge in [-0.2, -0.15) is 13.2 Å². The van der Waals surface area contributed by atoms with Gasteiger partial charge in [-0.1, -0.05) is 30.3 Å². The summed E-state index contributed by atoms with van der Waals surface area (Å²) in [5.41, 5.74) is 4.85. The lowest BCUT2D eigenvalue weighted by atomic mass is 9.95. The first-order valence-electron chi connectivity index (χ1n) is 4.31. The Hall–Kier alpha value is -1.52. The largest absolute Gasteiger partial charge is 0.396 e. The third-order valence-electron chi connectivity index (χ3n) is 2.00. The normalized spacial score (nSPS) is 13.5. The lowest BCUT2D eigenvalue weighted by Gasteiger charge is -2.18. The molecule has 0 saturated carbocycles. The second-order valence-corrected chi connectivity index (χ2v) is 3.18. The zero-order chi connectivity index (χ0) is 11.5. The topological polar surface area (TPSA) is 43.1 Å². The highest BCUT2D eigenvalue weighted by Crippen LogP contribution is 2.36. The van der Waals surface area contributed by atoms with Crippen LogP contribution in [0.1, 0.15) is 17.9 Å². The molecule has 0 spiro atoms. The number of nitrogens with two attached hydrogens (primary N) is 1. The number of benzene rings is 1. The van der Waals surface area contributed by atoms with Crippen molar-refractivity contribution in [3.8, 4) is 0 Å². The molecule has 2 nitrogen and oxygen atoms in total. The van der Waals surface area contributed by atoms with E-state index >= 15 is 0 Å². The molecule has 0 radical (unpaired) electrons. The maximum absolute atomic E-state index is 12.6. The molecule has 1 amide bonds. The maximum Gasteiger partial charge on any atom is 0.396 e. The fraction of sp³-hybridized carbons (Fsp3) is 0.300. The van der Waals surface area contributed by atoms with Gasteiger partial charge in [-0.25, -0.2) is 0 Å². The predicted molar refractivity (Wildman–Crippen MR) is 49.0 cm³/mol. The van der Waals surface area contributed by atoms with Crippen LogP contribution in [0.2, 0.25) is 0 Å². The Bertz CT molecular complexity index is 334. The van der Waals surface area contributed by atoms with Gasteiger partial charge >= 0.3 is 6.18 Å². The number of amides is 1. The fourth-order valence-corrected chi connectivity index (χ4v) is 1.31. The minimum absolute atomic E-state index is 0.0591. The van der Waals surface area contributed by atoms with Crippen LogP contribution in [-0.4, -0.2) is 12.1 Å². The van der Waals surface area contributed by atoms with Crippen LogP contribution in [0.4, 0.5) is 13.2 Å². The second-order valence-electron chi connectivity index (χ2n) is 3.18. The molecule has 0 saturated heterocycles. The molecule has 1 atom stereocenters. The molecule has 15 heavy (non-hydrogen) atoms. The van der Waals surface area contributed by atoms with Crippen molar-refractivity contribution in [2.75, 3.05) is 0 Å². The summed E-state index contributed by atoms with van der Waals surface area (Å²) in [7, 11) is 0. The summed E-state index contributed by atoms with van der Waals surface area (Å²) in [4.78, 5) is 10.6. The average Bonchev–Trinajstić information content (AvgIpc) is 2.14. The molecule has 1 aromatic carbocycles. The first-order chi connectivity index (χ1) is 6.91. The number of carbonyl (C=O) groups excluding carboxylic acids is 1. The molecule has 5 heteroatoms. The van der Waals surface area contributed by atoms with E-state index in [4.69, 9.17) is 5.73 Å². The van der Waals surface area contributed by atoms with Gasteiger partial charge in [0.25, 0.3) is 0 Å². The molecule has 0 heterocycles. The van der Waals surface area contributed by atoms with Crippen LogP contribution >= 0.6 is 0 Å². The van der Waals surface area contributed by atoms with E-state index in [0.717, 1.165) is 0 Å². The monoisotopic (exact) mass is 217 g/mol. The standard InChI is InChI=1S/C10H10F3NO/c11-10(12,13)8(6-9(14)15)7-4-2-1-3-5-7/h1-5,8H,6H2,(H2,14,15). The third-order valence-corrected chi connectivity index (χ3v) is 2.00. The SMILES string of the molecule is NC(=O)CC(c1ccccc1)C(F)(F)F. The van der Waals surface area contributed by atoms with E-state index in [2.05, 4.69) is 0 Å². The van der Waals surface area contributed by atoms with Crippen LogP contribution < -0.4 is 5.73 Å². The van der Waals surface area contributed by atoms with Crippen LogP contribution in [0.25, 0.3) is 0 Å². The smallest absolute Gasteiger partial charge is 0.370 e. The van der Waals surface area contributed by atoms with Crippen LogP contribution in [0.3, 0.4) is 0 Å². The van der Waals surface area contributed by atoms with E-state index in [1.807, 2.05) is 0 Å². The summed E-state index contributed by atoms with van der Waals surface area (Å²) in [6, 6.07) is 7.27. The van der Waals surface area contributed by atoms with Gasteiger partial charge in [-0.05, 0) is 5.56 Å². The third kappa shape index (κ3) is 3.27. The minimum atomic E-state index is -4.45. The van der Waals surface area contributed by atoms with Crippen molar-refractivity contribution in [1.29, 1.82) is 0 Å². The van der Waals surface area contributed by atoms with E-state index in [1.165, 1.54) is 24.3 Å². The van der Waals surface area contributed by atoms with Gasteiger partial charge in [0.1, 0.15) is 0 Å². The first-order valence-corrected chi connectivity index (χ1v) is 4.31. The van der Waals surface area contributed by atoms with Crippen molar-refractivity contribution < 1.29 is 18.0 Å². The zero-order valence-electron chi connectivity index (χ0n) is 7.79. The molecule has 1 rings (SSSR count). The Morgan fingerprint density at radius 3 is 2.20 bits per heavy atom. The first kappa shape index (κ1) is 11.6. The van der Waals surface area contributed by atoms with Gasteiger partial charge in [-0.15, -0.1) is 0 Å². The van der Waals surface area contributed by atoms with E-state index in [9.17, 15) is 18.0 Å². The Balaban J connectivity index is 2.97. The van der Waals surface area contributed by atoms with E-state index < -0.39 is 24.4 Å². The van der Waals surface area contributed by atoms with E-state index in [-0.39, 0.29) is 5.56 Å². The van der Waals surface area contributed by atoms with Gasteiger partial charge in [0.2, 0.25) is 5.91 Å². The zero-order valence-corrected chi connectivity index (χ0v) is 7.79. The molecule has 0 aliphatic heterocycles. The summed E-state index contributed by atoms with van der Waals surface area (Å²) in [5.74, 6) is -2.77. The number of alkyl halides is 3. The number of hydrogen-bond donors (Lipinski definition) is 1. The van der Waals surface area contributed by atoms with Crippen molar-refractivity contribution in [2.45, 2.75) is 18.5 Å². The Morgan fingerprint density at radius 1 is 1.27 bits per heavy atom. The highest BCUT2D eigenvalue weighted by Gasteiger charge is 2.41. The van der Waals surface area contributed by atoms with Crippen molar-refractivity contribution in [3.05, 3.63) is 35.9 Å². The van der Waals surface area contributed by atoms with Gasteiger partial charge in [0, 0.05) is 6.42 Å². The molecule has 0 fully saturated rings. The molecule has 1 aromatic rings. The van der Waals surface area contributed by atoms with Crippen LogP contribution in [0.5, 0.6) is 0 Å². The Morgan fingerprint density at radius 2 is 1.80 bits per heavy atom. The Kier molecular flexibility index (Phi) is 3.34. The number of primary amides is 1. The van der Waals surface area contributed by atoms with Gasteiger partial charge < -0.3 is 5.73 Å². The number of halogens is 3. The summed E-state index contributed by atoms with van der Waals surface area (Å²) in [6.45, 7) is 0. The highest BCUT2D eigenvalue weighted by molar-refractivity contribution is 5.74. The summed E-state index contributed by atoms with van der Waals surface area (Å²) in [5, 5.41) is 0. The molecular formula is C10H10F3NO. The number of carbonyl (C=O) groups is 1. The van der Waals surface area contributed by atoms with Crippen LogP contribution in [0.15, 0.2) is 30.3 Å². The van der Waals surface area contributed by atoms with Gasteiger partial charge in [-0.3, -0.25) is 4.79 Å². The van der Waals surface area contributed by atoms with Crippen LogP contribution in [0, 0.1) is 0 Å². The fourth-order valence-electron chi connectivity index (χ4n) is 1.31. The summed E-state index contributed by atoms with van der Waals surface area (Å²) >= 11 is 0. The average molecular weight is 217 g/mol. The lowest BCUT2D eigenvalue weighted by molar-refractivity contribution is -0.156. The number of rotatable bonds is 3. The predicted octanol–water partition coefficient (Wildman–Crippen LogP) is 2.21. The minimum Gasteiger partial charge on any atom is -0.370 e. The van der Waals surface area contributed by atoms with Crippen molar-refractivity contribution >= 4 is 5.91 Å². The van der Waals surface area contributed by atoms with Crippen LogP contribution in [-0.2, 0) is 4.79 Å². The molecule has 0 aromatic heterocycles. The second kappa shape index (κ2) is 4.33. The summed E-state index contributed by atoms with van der Waals surface area (Å²) in [6.07, 6.45) is -5.16. The summed E-state index contributed by atoms with van der Waals surface area (Å²) < 4.78 is 37.7. The Labute approximate surface area is 84.9 Å². The molecule has 0 aliphatic carbocycles. The molecule has 82 valence electrons. The van der Waals surface area contributed by atoms with Crippen molar-refractivity contribution in [1.82, 2.24) is 0 Å².